The number of ether oxygens (including phenoxy) is 1. The molecule has 2 bridgehead atoms. The van der Waals surface area contributed by atoms with Crippen LogP contribution in [-0.2, 0) is 20.0 Å². The molecule has 3 atom stereocenters. The number of nitrogens with zero attached hydrogens (tertiary/aromatic N) is 4. The van der Waals surface area contributed by atoms with Gasteiger partial charge in [0.25, 0.3) is 5.91 Å². The summed E-state index contributed by atoms with van der Waals surface area (Å²) in [4.78, 5) is 20.9. The Hall–Kier alpha value is -4.36. The molecule has 3 aliphatic carbocycles. The number of amides is 1. The number of hydrogen-bond acceptors (Lipinski definition) is 4. The zero-order valence-electron chi connectivity index (χ0n) is 25.3. The predicted octanol–water partition coefficient (Wildman–Crippen LogP) is 6.27. The number of piperidine rings is 1. The number of hydrogen-bond donors (Lipinski definition) is 1. The van der Waals surface area contributed by atoms with Crippen molar-refractivity contribution < 1.29 is 9.53 Å². The maximum atomic E-state index is 13.7. The number of allylic oxidation sites excluding steroid dienone is 1. The molecule has 3 fully saturated rings. The molecule has 7 nitrogen and oxygen atoms in total. The van der Waals surface area contributed by atoms with Gasteiger partial charge in [-0.3, -0.25) is 4.79 Å². The number of carbonyl (C=O) groups is 1. The SMILES string of the molecule is COc1cc(C(=O)N2C[C@H]3CC[C@@H]2[C@H]3N)cc2nc(-c3cc4ccc(C5=Cc6ccccc6C5)cc4n3CC3CC3)n(C)c12. The van der Waals surface area contributed by atoms with E-state index < -0.39 is 0 Å². The quantitative estimate of drug-likeness (QED) is 0.256. The third kappa shape index (κ3) is 3.91. The number of imidazole rings is 1. The molecule has 9 rings (SSSR count). The van der Waals surface area contributed by atoms with E-state index in [2.05, 4.69) is 70.8 Å². The molecular weight excluding hydrogens is 546 g/mol. The largest absolute Gasteiger partial charge is 0.494 e. The van der Waals surface area contributed by atoms with E-state index in [1.807, 2.05) is 17.0 Å². The molecule has 222 valence electrons. The second-order valence-corrected chi connectivity index (χ2v) is 13.4. The van der Waals surface area contributed by atoms with Crippen molar-refractivity contribution in [1.29, 1.82) is 0 Å². The molecule has 7 heteroatoms. The van der Waals surface area contributed by atoms with Gasteiger partial charge in [0.1, 0.15) is 11.3 Å². The number of fused-ring (bicyclic) bond motifs is 5. The fourth-order valence-electron chi connectivity index (χ4n) is 8.13. The number of aryl methyl sites for hydroxylation is 1. The second-order valence-electron chi connectivity index (χ2n) is 13.4. The molecule has 5 aromatic rings. The van der Waals surface area contributed by atoms with E-state index in [4.69, 9.17) is 15.5 Å². The van der Waals surface area contributed by atoms with Gasteiger partial charge in [-0.1, -0.05) is 42.5 Å². The summed E-state index contributed by atoms with van der Waals surface area (Å²) in [6.07, 6.45) is 7.94. The normalized spacial score (nSPS) is 22.3. The monoisotopic (exact) mass is 583 g/mol. The highest BCUT2D eigenvalue weighted by Gasteiger charge is 2.47. The second kappa shape index (κ2) is 9.57. The Morgan fingerprint density at radius 2 is 1.91 bits per heavy atom. The van der Waals surface area contributed by atoms with Crippen LogP contribution in [0.2, 0.25) is 0 Å². The molecule has 1 saturated heterocycles. The van der Waals surface area contributed by atoms with Gasteiger partial charge in [0, 0.05) is 48.7 Å². The van der Waals surface area contributed by atoms with Crippen LogP contribution >= 0.6 is 0 Å². The van der Waals surface area contributed by atoms with E-state index in [0.717, 1.165) is 54.9 Å². The lowest BCUT2D eigenvalue weighted by molar-refractivity contribution is 0.0700. The molecule has 44 heavy (non-hydrogen) atoms. The van der Waals surface area contributed by atoms with Crippen molar-refractivity contribution in [2.75, 3.05) is 13.7 Å². The first-order chi connectivity index (χ1) is 21.5. The number of aromatic nitrogens is 3. The number of methoxy groups -OCH3 is 1. The minimum Gasteiger partial charge on any atom is -0.494 e. The van der Waals surface area contributed by atoms with Crippen LogP contribution in [0.5, 0.6) is 5.75 Å². The number of benzene rings is 3. The first kappa shape index (κ1) is 26.1. The van der Waals surface area contributed by atoms with E-state index in [1.165, 1.54) is 46.0 Å². The van der Waals surface area contributed by atoms with Gasteiger partial charge in [-0.15, -0.1) is 0 Å². The Morgan fingerprint density at radius 3 is 2.66 bits per heavy atom. The summed E-state index contributed by atoms with van der Waals surface area (Å²) in [5, 5.41) is 1.22. The lowest BCUT2D eigenvalue weighted by atomic mass is 10.0. The highest BCUT2D eigenvalue weighted by molar-refractivity contribution is 6.01. The summed E-state index contributed by atoms with van der Waals surface area (Å²) in [6.45, 7) is 1.72. The first-order valence-corrected chi connectivity index (χ1v) is 16.0. The number of likely N-dealkylation sites (tertiary alicyclic amines) is 1. The first-order valence-electron chi connectivity index (χ1n) is 16.0. The Morgan fingerprint density at radius 1 is 1.05 bits per heavy atom. The fourth-order valence-corrected chi connectivity index (χ4v) is 8.13. The summed E-state index contributed by atoms with van der Waals surface area (Å²) in [5.41, 5.74) is 16.4. The fraction of sp³-hybridized carbons (Fsp3) is 0.351. The highest BCUT2D eigenvalue weighted by Crippen LogP contribution is 2.41. The van der Waals surface area contributed by atoms with E-state index in [0.29, 0.717) is 23.1 Å². The maximum absolute atomic E-state index is 13.7. The van der Waals surface area contributed by atoms with E-state index in [1.54, 1.807) is 7.11 Å². The highest BCUT2D eigenvalue weighted by atomic mass is 16.5. The van der Waals surface area contributed by atoms with Gasteiger partial charge >= 0.3 is 0 Å². The van der Waals surface area contributed by atoms with Gasteiger partial charge < -0.3 is 24.5 Å². The molecule has 2 saturated carbocycles. The smallest absolute Gasteiger partial charge is 0.254 e. The zero-order chi connectivity index (χ0) is 29.7. The third-order valence-corrected chi connectivity index (χ3v) is 10.7. The molecule has 0 radical (unpaired) electrons. The molecule has 1 amide bonds. The lowest BCUT2D eigenvalue weighted by Gasteiger charge is -2.27. The minimum atomic E-state index is 0.0267. The van der Waals surface area contributed by atoms with Crippen molar-refractivity contribution in [2.45, 2.75) is 50.7 Å². The number of rotatable bonds is 6. The summed E-state index contributed by atoms with van der Waals surface area (Å²) in [7, 11) is 3.73. The average Bonchev–Trinajstić information content (AvgIpc) is 3.31. The minimum absolute atomic E-state index is 0.0267. The Kier molecular flexibility index (Phi) is 5.67. The Labute approximate surface area is 256 Å². The van der Waals surface area contributed by atoms with Crippen molar-refractivity contribution in [1.82, 2.24) is 19.0 Å². The van der Waals surface area contributed by atoms with Gasteiger partial charge in [0.05, 0.1) is 18.3 Å². The van der Waals surface area contributed by atoms with Crippen LogP contribution in [0.1, 0.15) is 52.7 Å². The lowest BCUT2D eigenvalue weighted by Crippen LogP contribution is -2.41. The molecule has 4 aliphatic rings. The van der Waals surface area contributed by atoms with Crippen LogP contribution in [0.25, 0.3) is 45.1 Å². The van der Waals surface area contributed by atoms with Gasteiger partial charge in [-0.2, -0.15) is 0 Å². The van der Waals surface area contributed by atoms with Gasteiger partial charge in [-0.05, 0) is 90.5 Å². The molecule has 0 spiro atoms. The van der Waals surface area contributed by atoms with Gasteiger partial charge in [-0.25, -0.2) is 4.98 Å². The third-order valence-electron chi connectivity index (χ3n) is 10.7. The molecule has 2 N–H and O–H groups in total. The van der Waals surface area contributed by atoms with Crippen LogP contribution in [0.4, 0.5) is 0 Å². The van der Waals surface area contributed by atoms with Crippen LogP contribution in [-0.4, -0.2) is 50.7 Å². The van der Waals surface area contributed by atoms with Crippen LogP contribution < -0.4 is 10.5 Å². The number of carbonyl (C=O) groups excluding carboxylic acids is 1. The molecule has 2 aromatic heterocycles. The molecule has 0 unspecified atom stereocenters. The summed E-state index contributed by atoms with van der Waals surface area (Å²) in [6, 6.07) is 21.9. The molecule has 3 heterocycles. The topological polar surface area (TPSA) is 78.3 Å². The van der Waals surface area contributed by atoms with E-state index in [-0.39, 0.29) is 18.0 Å². The average molecular weight is 584 g/mol. The zero-order valence-corrected chi connectivity index (χ0v) is 25.3. The Balaban J connectivity index is 1.14. The van der Waals surface area contributed by atoms with Crippen molar-refractivity contribution in [3.63, 3.8) is 0 Å². The summed E-state index contributed by atoms with van der Waals surface area (Å²) < 4.78 is 10.5. The van der Waals surface area contributed by atoms with Crippen LogP contribution in [0, 0.1) is 11.8 Å². The maximum Gasteiger partial charge on any atom is 0.254 e. The Bertz CT molecular complexity index is 2030. The van der Waals surface area contributed by atoms with Crippen molar-refractivity contribution in [2.24, 2.45) is 24.6 Å². The predicted molar refractivity (Wildman–Crippen MR) is 174 cm³/mol. The van der Waals surface area contributed by atoms with Crippen LogP contribution in [0.3, 0.4) is 0 Å². The van der Waals surface area contributed by atoms with E-state index in [9.17, 15) is 4.79 Å². The summed E-state index contributed by atoms with van der Waals surface area (Å²) in [5.74, 6) is 2.68. The molecule has 1 aliphatic heterocycles. The summed E-state index contributed by atoms with van der Waals surface area (Å²) >= 11 is 0. The standard InChI is InChI=1S/C37H37N5O2/c1-40-35-29(15-28(18-33(35)44-2)37(43)42-20-26-11-12-30(42)34(26)38)39-36(40)32-17-25-10-9-24(16-31(25)41(32)19-21-7-8-21)27-13-22-5-3-4-6-23(22)14-27/h3-6,9-10,13,15-18,21,26,30,34H,7-8,11-12,14,19-20,38H2,1-2H3/t26-,30-,34+/m1/s1. The molecule has 3 aromatic carbocycles. The number of nitrogens with two attached hydrogens (primary N) is 1. The van der Waals surface area contributed by atoms with Crippen molar-refractivity contribution >= 4 is 39.5 Å². The van der Waals surface area contributed by atoms with E-state index >= 15 is 0 Å². The van der Waals surface area contributed by atoms with Crippen molar-refractivity contribution in [3.8, 4) is 17.3 Å². The molecular formula is C37H37N5O2. The van der Waals surface area contributed by atoms with Crippen LogP contribution in [0.15, 0.2) is 60.7 Å². The van der Waals surface area contributed by atoms with Gasteiger partial charge in [0.15, 0.2) is 5.82 Å². The van der Waals surface area contributed by atoms with Crippen molar-refractivity contribution in [3.05, 3.63) is 82.9 Å². The van der Waals surface area contributed by atoms with Gasteiger partial charge in [0.2, 0.25) is 0 Å².